The number of benzene rings is 1. The number of amides is 1. The molecule has 150 valence electrons. The smallest absolute Gasteiger partial charge is 0.227 e. The van der Waals surface area contributed by atoms with Crippen molar-refractivity contribution in [3.63, 3.8) is 0 Å². The Hall–Kier alpha value is -3.15. The summed E-state index contributed by atoms with van der Waals surface area (Å²) in [5.41, 5.74) is 5.16. The van der Waals surface area contributed by atoms with E-state index in [0.717, 1.165) is 59.5 Å². The van der Waals surface area contributed by atoms with Crippen LogP contribution in [0.4, 0.5) is 0 Å². The van der Waals surface area contributed by atoms with E-state index in [-0.39, 0.29) is 11.9 Å². The van der Waals surface area contributed by atoms with Gasteiger partial charge in [0.2, 0.25) is 5.91 Å². The molecule has 0 bridgehead atoms. The predicted octanol–water partition coefficient (Wildman–Crippen LogP) is 4.09. The number of rotatable bonds is 5. The number of piperidine rings is 1. The Bertz CT molecular complexity index is 984. The lowest BCUT2D eigenvalue weighted by molar-refractivity contribution is -0.134. The molecule has 1 saturated heterocycles. The van der Waals surface area contributed by atoms with Crippen LogP contribution >= 0.6 is 0 Å². The molecule has 6 nitrogen and oxygen atoms in total. The van der Waals surface area contributed by atoms with Crippen LogP contribution in [0, 0.1) is 6.92 Å². The van der Waals surface area contributed by atoms with E-state index in [0.29, 0.717) is 6.42 Å². The van der Waals surface area contributed by atoms with Gasteiger partial charge in [-0.15, -0.1) is 0 Å². The zero-order chi connectivity index (χ0) is 20.2. The summed E-state index contributed by atoms with van der Waals surface area (Å²) in [5, 5.41) is 7.45. The Morgan fingerprint density at radius 1 is 1.24 bits per heavy atom. The Labute approximate surface area is 170 Å². The minimum absolute atomic E-state index is 0.0151. The number of carbonyl (C=O) groups is 1. The van der Waals surface area contributed by atoms with E-state index >= 15 is 0 Å². The van der Waals surface area contributed by atoms with E-state index in [1.807, 2.05) is 48.4 Å². The first kappa shape index (κ1) is 19.2. The van der Waals surface area contributed by atoms with E-state index in [4.69, 9.17) is 4.74 Å². The lowest BCUT2D eigenvalue weighted by Gasteiger charge is -2.36. The average Bonchev–Trinajstić information content (AvgIpc) is 3.24. The largest absolute Gasteiger partial charge is 0.496 e. The van der Waals surface area contributed by atoms with Crippen LogP contribution in [0.15, 0.2) is 48.9 Å². The van der Waals surface area contributed by atoms with E-state index in [1.54, 1.807) is 19.5 Å². The Balaban J connectivity index is 1.58. The fourth-order valence-corrected chi connectivity index (χ4v) is 4.17. The summed E-state index contributed by atoms with van der Waals surface area (Å²) in [7, 11) is 1.66. The number of nitrogens with zero attached hydrogens (tertiary/aromatic N) is 3. The highest BCUT2D eigenvalue weighted by atomic mass is 16.5. The molecule has 2 aromatic heterocycles. The molecule has 0 spiro atoms. The predicted molar refractivity (Wildman–Crippen MR) is 112 cm³/mol. The molecular formula is C23H26N4O2. The van der Waals surface area contributed by atoms with Crippen LogP contribution in [0.1, 0.15) is 42.1 Å². The van der Waals surface area contributed by atoms with Gasteiger partial charge in [-0.05, 0) is 61.1 Å². The molecule has 1 aliphatic rings. The Morgan fingerprint density at radius 2 is 2.07 bits per heavy atom. The molecule has 1 N–H and O–H groups in total. The molecule has 3 aromatic rings. The molecule has 6 heteroatoms. The second-order valence-electron chi connectivity index (χ2n) is 7.51. The molecule has 1 fully saturated rings. The van der Waals surface area contributed by atoms with Gasteiger partial charge >= 0.3 is 0 Å². The average molecular weight is 390 g/mol. The number of likely N-dealkylation sites (tertiary alicyclic amines) is 1. The van der Waals surface area contributed by atoms with Crippen molar-refractivity contribution < 1.29 is 9.53 Å². The van der Waals surface area contributed by atoms with Gasteiger partial charge in [0.05, 0.1) is 31.5 Å². The number of aromatic nitrogens is 3. The number of nitrogens with one attached hydrogen (secondary N) is 1. The maximum absolute atomic E-state index is 13.2. The summed E-state index contributed by atoms with van der Waals surface area (Å²) < 4.78 is 5.33. The van der Waals surface area contributed by atoms with Gasteiger partial charge in [0.1, 0.15) is 5.75 Å². The van der Waals surface area contributed by atoms with Gasteiger partial charge in [0.25, 0.3) is 0 Å². The lowest BCUT2D eigenvalue weighted by atomic mass is 9.94. The highest BCUT2D eigenvalue weighted by Crippen LogP contribution is 2.36. The molecule has 0 radical (unpaired) electrons. The maximum Gasteiger partial charge on any atom is 0.227 e. The summed E-state index contributed by atoms with van der Waals surface area (Å²) in [6.07, 6.45) is 8.86. The first-order valence-corrected chi connectivity index (χ1v) is 10.0. The number of aromatic amines is 1. The van der Waals surface area contributed by atoms with Crippen molar-refractivity contribution in [3.8, 4) is 16.9 Å². The highest BCUT2D eigenvalue weighted by Gasteiger charge is 2.31. The van der Waals surface area contributed by atoms with Crippen LogP contribution < -0.4 is 4.74 Å². The minimum atomic E-state index is 0.0151. The van der Waals surface area contributed by atoms with E-state index < -0.39 is 0 Å². The third kappa shape index (κ3) is 4.01. The Morgan fingerprint density at radius 3 is 2.83 bits per heavy atom. The number of ether oxygens (including phenoxy) is 1. The maximum atomic E-state index is 13.2. The standard InChI is InChI=1S/C23H26N4O2/c1-16-13-17(6-7-21(16)29-2)14-22(28)27-12-4-3-5-20(27)23-19(15-25-26-23)18-8-10-24-11-9-18/h6-11,13,15,20H,3-5,12,14H2,1-2H3,(H,25,26)/t20-/m1/s1. The highest BCUT2D eigenvalue weighted by molar-refractivity contribution is 5.80. The molecule has 3 heterocycles. The SMILES string of the molecule is COc1ccc(CC(=O)N2CCCC[C@@H]2c2[nH]ncc2-c2ccncc2)cc1C. The van der Waals surface area contributed by atoms with E-state index in [9.17, 15) is 4.79 Å². The number of H-pyrrole nitrogens is 1. The van der Waals surface area contributed by atoms with Crippen LogP contribution in [-0.4, -0.2) is 39.6 Å². The van der Waals surface area contributed by atoms with Gasteiger partial charge in [0.15, 0.2) is 0 Å². The monoisotopic (exact) mass is 390 g/mol. The van der Waals surface area contributed by atoms with Gasteiger partial charge in [-0.3, -0.25) is 14.9 Å². The molecule has 29 heavy (non-hydrogen) atoms. The molecular weight excluding hydrogens is 364 g/mol. The molecule has 1 amide bonds. The molecule has 1 aliphatic heterocycles. The molecule has 0 aliphatic carbocycles. The molecule has 0 unspecified atom stereocenters. The van der Waals surface area contributed by atoms with Gasteiger partial charge in [0, 0.05) is 24.5 Å². The molecule has 1 atom stereocenters. The summed E-state index contributed by atoms with van der Waals surface area (Å²) in [5.74, 6) is 0.992. The zero-order valence-corrected chi connectivity index (χ0v) is 16.9. The minimum Gasteiger partial charge on any atom is -0.496 e. The van der Waals surface area contributed by atoms with Crippen molar-refractivity contribution >= 4 is 5.91 Å². The van der Waals surface area contributed by atoms with Crippen molar-refractivity contribution in [2.75, 3.05) is 13.7 Å². The van der Waals surface area contributed by atoms with Crippen LogP contribution in [0.3, 0.4) is 0 Å². The van der Waals surface area contributed by atoms with Gasteiger partial charge in [-0.25, -0.2) is 0 Å². The summed E-state index contributed by atoms with van der Waals surface area (Å²) in [6.45, 7) is 2.77. The molecule has 0 saturated carbocycles. The normalized spacial score (nSPS) is 16.6. The zero-order valence-electron chi connectivity index (χ0n) is 16.9. The summed E-state index contributed by atoms with van der Waals surface area (Å²) >= 11 is 0. The van der Waals surface area contributed by atoms with Crippen molar-refractivity contribution in [3.05, 3.63) is 65.7 Å². The topological polar surface area (TPSA) is 71.1 Å². The molecule has 4 rings (SSSR count). The third-order valence-electron chi connectivity index (χ3n) is 5.63. The van der Waals surface area contributed by atoms with Gasteiger partial charge < -0.3 is 9.64 Å². The second-order valence-corrected chi connectivity index (χ2v) is 7.51. The second kappa shape index (κ2) is 8.47. The van der Waals surface area contributed by atoms with Crippen molar-refractivity contribution in [2.45, 2.75) is 38.6 Å². The first-order chi connectivity index (χ1) is 14.2. The van der Waals surface area contributed by atoms with Crippen molar-refractivity contribution in [1.82, 2.24) is 20.1 Å². The van der Waals surface area contributed by atoms with Gasteiger partial charge in [-0.1, -0.05) is 12.1 Å². The number of carbonyl (C=O) groups excluding carboxylic acids is 1. The number of hydrogen-bond acceptors (Lipinski definition) is 4. The van der Waals surface area contributed by atoms with Crippen molar-refractivity contribution in [1.29, 1.82) is 0 Å². The summed E-state index contributed by atoms with van der Waals surface area (Å²) in [4.78, 5) is 19.4. The number of hydrogen-bond donors (Lipinski definition) is 1. The fraction of sp³-hybridized carbons (Fsp3) is 0.348. The fourth-order valence-electron chi connectivity index (χ4n) is 4.17. The van der Waals surface area contributed by atoms with Gasteiger partial charge in [-0.2, -0.15) is 5.10 Å². The first-order valence-electron chi connectivity index (χ1n) is 10.0. The van der Waals surface area contributed by atoms with Crippen LogP contribution in [0.5, 0.6) is 5.75 Å². The molecule has 1 aromatic carbocycles. The van der Waals surface area contributed by atoms with Crippen LogP contribution in [-0.2, 0) is 11.2 Å². The van der Waals surface area contributed by atoms with E-state index in [1.165, 1.54) is 0 Å². The summed E-state index contributed by atoms with van der Waals surface area (Å²) in [6, 6.07) is 9.91. The van der Waals surface area contributed by atoms with Crippen LogP contribution in [0.25, 0.3) is 11.1 Å². The van der Waals surface area contributed by atoms with Crippen LogP contribution in [0.2, 0.25) is 0 Å². The lowest BCUT2D eigenvalue weighted by Crippen LogP contribution is -2.39. The number of methoxy groups -OCH3 is 1. The quantitative estimate of drug-likeness (QED) is 0.712. The van der Waals surface area contributed by atoms with E-state index in [2.05, 4.69) is 15.2 Å². The number of aryl methyl sites for hydroxylation is 1. The Kier molecular flexibility index (Phi) is 5.60. The number of pyridine rings is 1. The third-order valence-corrected chi connectivity index (χ3v) is 5.63. The van der Waals surface area contributed by atoms with Crippen molar-refractivity contribution in [2.24, 2.45) is 0 Å².